The molecule has 0 radical (unpaired) electrons. The van der Waals surface area contributed by atoms with E-state index in [0.717, 1.165) is 38.2 Å². The van der Waals surface area contributed by atoms with Crippen molar-refractivity contribution in [2.75, 3.05) is 38.3 Å². The molecule has 0 aromatic carbocycles. The van der Waals surface area contributed by atoms with Gasteiger partial charge in [0.15, 0.2) is 0 Å². The Labute approximate surface area is 130 Å². The smallest absolute Gasteiger partial charge is 0.287 e. The summed E-state index contributed by atoms with van der Waals surface area (Å²) in [6, 6.07) is 0.359. The van der Waals surface area contributed by atoms with Crippen molar-refractivity contribution in [3.63, 3.8) is 0 Å². The van der Waals surface area contributed by atoms with Gasteiger partial charge in [-0.1, -0.05) is 11.6 Å². The largest absolute Gasteiger partial charge is 0.383 e. The van der Waals surface area contributed by atoms with Crippen LogP contribution >= 0.6 is 11.6 Å². The van der Waals surface area contributed by atoms with Crippen LogP contribution in [0.15, 0.2) is 11.0 Å². The number of nitrogens with zero attached hydrogens (tertiary/aromatic N) is 3. The number of rotatable bonds is 6. The van der Waals surface area contributed by atoms with Gasteiger partial charge in [0.2, 0.25) is 0 Å². The van der Waals surface area contributed by atoms with E-state index >= 15 is 0 Å². The Morgan fingerprint density at radius 2 is 2.43 bits per heavy atom. The van der Waals surface area contributed by atoms with Crippen LogP contribution in [0.1, 0.15) is 19.8 Å². The fourth-order valence-corrected chi connectivity index (χ4v) is 2.97. The lowest BCUT2D eigenvalue weighted by molar-refractivity contribution is 0.182. The van der Waals surface area contributed by atoms with Crippen LogP contribution in [-0.2, 0) is 11.3 Å². The normalized spacial score (nSPS) is 18.7. The molecule has 1 atom stereocenters. The summed E-state index contributed by atoms with van der Waals surface area (Å²) in [5.41, 5.74) is 0.472. The minimum Gasteiger partial charge on any atom is -0.383 e. The van der Waals surface area contributed by atoms with Gasteiger partial charge in [0, 0.05) is 26.2 Å². The molecule has 7 heteroatoms. The molecular weight excluding hydrogens is 292 g/mol. The van der Waals surface area contributed by atoms with Gasteiger partial charge in [-0.25, -0.2) is 4.68 Å². The third kappa shape index (κ3) is 3.75. The highest BCUT2D eigenvalue weighted by Gasteiger charge is 2.23. The molecule has 118 valence electrons. The van der Waals surface area contributed by atoms with Crippen molar-refractivity contribution in [1.29, 1.82) is 0 Å². The van der Waals surface area contributed by atoms with E-state index in [0.29, 0.717) is 19.2 Å². The summed E-state index contributed by atoms with van der Waals surface area (Å²) in [7, 11) is 1.59. The maximum Gasteiger partial charge on any atom is 0.287 e. The third-order valence-corrected chi connectivity index (χ3v) is 4.19. The van der Waals surface area contributed by atoms with Crippen molar-refractivity contribution >= 4 is 17.3 Å². The van der Waals surface area contributed by atoms with E-state index in [2.05, 4.69) is 22.2 Å². The third-order valence-electron chi connectivity index (χ3n) is 3.84. The number of hydrogen-bond donors (Lipinski definition) is 1. The number of piperidine rings is 1. The van der Waals surface area contributed by atoms with Crippen molar-refractivity contribution in [3.05, 3.63) is 21.6 Å². The lowest BCUT2D eigenvalue weighted by Crippen LogP contribution is -2.46. The molecule has 1 aliphatic rings. The molecule has 1 saturated heterocycles. The maximum atomic E-state index is 12.3. The summed E-state index contributed by atoms with van der Waals surface area (Å²) in [5, 5.41) is 7.85. The molecule has 1 unspecified atom stereocenters. The van der Waals surface area contributed by atoms with Gasteiger partial charge in [0.1, 0.15) is 5.02 Å². The van der Waals surface area contributed by atoms with Gasteiger partial charge >= 0.3 is 0 Å². The predicted molar refractivity (Wildman–Crippen MR) is 84.3 cm³/mol. The van der Waals surface area contributed by atoms with E-state index < -0.39 is 0 Å². The summed E-state index contributed by atoms with van der Waals surface area (Å²) in [4.78, 5) is 14.4. The first-order chi connectivity index (χ1) is 10.2. The van der Waals surface area contributed by atoms with Gasteiger partial charge in [-0.2, -0.15) is 5.10 Å². The zero-order valence-corrected chi connectivity index (χ0v) is 13.4. The average Bonchev–Trinajstić information content (AvgIpc) is 2.52. The van der Waals surface area contributed by atoms with Crippen molar-refractivity contribution < 1.29 is 4.74 Å². The molecule has 0 spiro atoms. The highest BCUT2D eigenvalue weighted by molar-refractivity contribution is 6.33. The van der Waals surface area contributed by atoms with Crippen molar-refractivity contribution in [1.82, 2.24) is 15.1 Å². The number of halogens is 1. The van der Waals surface area contributed by atoms with Crippen molar-refractivity contribution in [3.8, 4) is 0 Å². The van der Waals surface area contributed by atoms with E-state index in [1.807, 2.05) is 0 Å². The molecule has 21 heavy (non-hydrogen) atoms. The van der Waals surface area contributed by atoms with E-state index in [-0.39, 0.29) is 10.6 Å². The molecule has 1 N–H and O–H groups in total. The zero-order valence-electron chi connectivity index (χ0n) is 12.6. The van der Waals surface area contributed by atoms with Crippen LogP contribution in [0.25, 0.3) is 0 Å². The first kappa shape index (κ1) is 16.3. The molecule has 1 aliphatic heterocycles. The summed E-state index contributed by atoms with van der Waals surface area (Å²) in [5.74, 6) is 0. The zero-order chi connectivity index (χ0) is 15.2. The van der Waals surface area contributed by atoms with Crippen LogP contribution < -0.4 is 15.8 Å². The predicted octanol–water partition coefficient (Wildman–Crippen LogP) is 1.12. The number of methoxy groups -OCH3 is 1. The number of nitrogens with one attached hydrogen (secondary N) is 1. The minimum atomic E-state index is -0.256. The van der Waals surface area contributed by atoms with Crippen LogP contribution in [0.3, 0.4) is 0 Å². The topological polar surface area (TPSA) is 59.4 Å². The first-order valence-corrected chi connectivity index (χ1v) is 7.78. The maximum absolute atomic E-state index is 12.3. The Morgan fingerprint density at radius 1 is 1.62 bits per heavy atom. The van der Waals surface area contributed by atoms with Gasteiger partial charge in [0.05, 0.1) is 25.0 Å². The number of likely N-dealkylation sites (N-methyl/N-ethyl adjacent to an activating group) is 1. The highest BCUT2D eigenvalue weighted by atomic mass is 35.5. The standard InChI is InChI=1S/C14H23ClN4O2/c1-3-18(11-5-4-6-16-9-11)12-10-17-19(7-8-21-2)14(20)13(12)15/h10-11,16H,3-9H2,1-2H3. The SMILES string of the molecule is CCN(c1cnn(CCOC)c(=O)c1Cl)C1CCCNC1. The number of anilines is 1. The van der Waals surface area contributed by atoms with Crippen LogP contribution in [0.5, 0.6) is 0 Å². The average molecular weight is 315 g/mol. The van der Waals surface area contributed by atoms with Gasteiger partial charge < -0.3 is 15.0 Å². The fraction of sp³-hybridized carbons (Fsp3) is 0.714. The highest BCUT2D eigenvalue weighted by Crippen LogP contribution is 2.25. The Kier molecular flexibility index (Phi) is 6.02. The molecule has 1 fully saturated rings. The Morgan fingerprint density at radius 3 is 3.05 bits per heavy atom. The van der Waals surface area contributed by atoms with E-state index in [1.165, 1.54) is 4.68 Å². The van der Waals surface area contributed by atoms with Gasteiger partial charge in [-0.05, 0) is 26.3 Å². The van der Waals surface area contributed by atoms with Crippen LogP contribution in [-0.4, -0.2) is 49.2 Å². The summed E-state index contributed by atoms with van der Waals surface area (Å²) >= 11 is 6.29. The summed E-state index contributed by atoms with van der Waals surface area (Å²) in [6.07, 6.45) is 3.93. The van der Waals surface area contributed by atoms with Crippen LogP contribution in [0.2, 0.25) is 5.02 Å². The minimum absolute atomic E-state index is 0.244. The molecule has 2 rings (SSSR count). The quantitative estimate of drug-likeness (QED) is 0.853. The lowest BCUT2D eigenvalue weighted by atomic mass is 10.1. The molecule has 2 heterocycles. The summed E-state index contributed by atoms with van der Waals surface area (Å²) in [6.45, 7) is 5.69. The Balaban J connectivity index is 2.25. The van der Waals surface area contributed by atoms with E-state index in [9.17, 15) is 4.79 Å². The van der Waals surface area contributed by atoms with Gasteiger partial charge in [-0.3, -0.25) is 4.79 Å². The Hall–Kier alpha value is -1.11. The molecule has 0 aliphatic carbocycles. The van der Waals surface area contributed by atoms with Crippen LogP contribution in [0, 0.1) is 0 Å². The second-order valence-electron chi connectivity index (χ2n) is 5.15. The van der Waals surface area contributed by atoms with Gasteiger partial charge in [0.25, 0.3) is 5.56 Å². The molecule has 0 amide bonds. The molecule has 0 saturated carbocycles. The van der Waals surface area contributed by atoms with E-state index in [4.69, 9.17) is 16.3 Å². The molecular formula is C14H23ClN4O2. The van der Waals surface area contributed by atoms with Crippen LogP contribution in [0.4, 0.5) is 5.69 Å². The monoisotopic (exact) mass is 314 g/mol. The van der Waals surface area contributed by atoms with Crippen molar-refractivity contribution in [2.24, 2.45) is 0 Å². The number of aromatic nitrogens is 2. The second-order valence-corrected chi connectivity index (χ2v) is 5.53. The van der Waals surface area contributed by atoms with Crippen molar-refractivity contribution in [2.45, 2.75) is 32.4 Å². The number of ether oxygens (including phenoxy) is 1. The Bertz CT molecular complexity index is 514. The lowest BCUT2D eigenvalue weighted by Gasteiger charge is -2.35. The van der Waals surface area contributed by atoms with E-state index in [1.54, 1.807) is 13.3 Å². The van der Waals surface area contributed by atoms with Gasteiger partial charge in [-0.15, -0.1) is 0 Å². The first-order valence-electron chi connectivity index (χ1n) is 7.41. The molecule has 1 aromatic rings. The molecule has 1 aromatic heterocycles. The molecule has 0 bridgehead atoms. The summed E-state index contributed by atoms with van der Waals surface area (Å²) < 4.78 is 6.32. The molecule has 6 nitrogen and oxygen atoms in total. The number of hydrogen-bond acceptors (Lipinski definition) is 5. The second kappa shape index (κ2) is 7.77. The fourth-order valence-electron chi connectivity index (χ4n) is 2.72.